The number of fused-ring (bicyclic) bond motifs is 1. The molecule has 1 heterocycles. The highest BCUT2D eigenvalue weighted by molar-refractivity contribution is 6.54. The lowest BCUT2D eigenvalue weighted by Crippen LogP contribution is -2.30. The molecule has 2 rings (SSSR count). The van der Waals surface area contributed by atoms with Crippen molar-refractivity contribution in [2.45, 2.75) is 6.92 Å². The van der Waals surface area contributed by atoms with Crippen molar-refractivity contribution in [3.63, 3.8) is 0 Å². The second kappa shape index (κ2) is 3.96. The van der Waals surface area contributed by atoms with E-state index < -0.39 is 0 Å². The van der Waals surface area contributed by atoms with Crippen LogP contribution in [0, 0.1) is 0 Å². The average molecular weight is 217 g/mol. The van der Waals surface area contributed by atoms with E-state index in [4.69, 9.17) is 0 Å². The lowest BCUT2D eigenvalue weighted by atomic mass is 10.1. The van der Waals surface area contributed by atoms with Gasteiger partial charge in [-0.2, -0.15) is 5.10 Å². The Bertz CT molecular complexity index is 451. The SMILES string of the molecule is CCN1C(=O)C(=NN(C)C)c2ccccc21. The first kappa shape index (κ1) is 10.7. The second-order valence-electron chi connectivity index (χ2n) is 3.86. The maximum absolute atomic E-state index is 12.1. The van der Waals surface area contributed by atoms with Crippen molar-refractivity contribution < 1.29 is 4.79 Å². The molecule has 84 valence electrons. The summed E-state index contributed by atoms with van der Waals surface area (Å²) in [4.78, 5) is 13.8. The van der Waals surface area contributed by atoms with Gasteiger partial charge in [0.1, 0.15) is 0 Å². The van der Waals surface area contributed by atoms with Crippen molar-refractivity contribution in [3.8, 4) is 0 Å². The fraction of sp³-hybridized carbons (Fsp3) is 0.333. The quantitative estimate of drug-likeness (QED) is 0.700. The molecule has 16 heavy (non-hydrogen) atoms. The summed E-state index contributed by atoms with van der Waals surface area (Å²) < 4.78 is 0. The molecule has 0 saturated heterocycles. The lowest BCUT2D eigenvalue weighted by molar-refractivity contribution is -0.112. The fourth-order valence-corrected chi connectivity index (χ4v) is 1.87. The number of carbonyl (C=O) groups excluding carboxylic acids is 1. The lowest BCUT2D eigenvalue weighted by Gasteiger charge is -2.13. The van der Waals surface area contributed by atoms with E-state index in [1.807, 2.05) is 45.3 Å². The van der Waals surface area contributed by atoms with Crippen LogP contribution in [0.3, 0.4) is 0 Å². The zero-order chi connectivity index (χ0) is 11.7. The molecular weight excluding hydrogens is 202 g/mol. The number of para-hydroxylation sites is 1. The van der Waals surface area contributed by atoms with Crippen LogP contribution in [0.1, 0.15) is 12.5 Å². The summed E-state index contributed by atoms with van der Waals surface area (Å²) in [7, 11) is 3.63. The van der Waals surface area contributed by atoms with E-state index in [-0.39, 0.29) is 5.91 Å². The summed E-state index contributed by atoms with van der Waals surface area (Å²) in [5.41, 5.74) is 2.40. The first-order valence-electron chi connectivity index (χ1n) is 5.32. The first-order valence-corrected chi connectivity index (χ1v) is 5.32. The maximum atomic E-state index is 12.1. The Hall–Kier alpha value is -1.84. The molecule has 0 saturated carbocycles. The van der Waals surface area contributed by atoms with Crippen LogP contribution < -0.4 is 4.90 Å². The number of nitrogens with zero attached hydrogens (tertiary/aromatic N) is 3. The van der Waals surface area contributed by atoms with Gasteiger partial charge in [0, 0.05) is 26.2 Å². The Morgan fingerprint density at radius 2 is 2.00 bits per heavy atom. The molecule has 0 atom stereocenters. The number of rotatable bonds is 2. The van der Waals surface area contributed by atoms with Crippen LogP contribution in [-0.2, 0) is 4.79 Å². The molecule has 0 N–H and O–H groups in total. The van der Waals surface area contributed by atoms with Gasteiger partial charge in [-0.25, -0.2) is 0 Å². The van der Waals surface area contributed by atoms with E-state index in [0.717, 1.165) is 11.3 Å². The molecular formula is C12H15N3O. The summed E-state index contributed by atoms with van der Waals surface area (Å²) >= 11 is 0. The van der Waals surface area contributed by atoms with Crippen LogP contribution in [0.2, 0.25) is 0 Å². The van der Waals surface area contributed by atoms with Crippen LogP contribution in [-0.4, -0.2) is 37.3 Å². The zero-order valence-corrected chi connectivity index (χ0v) is 9.77. The number of carbonyl (C=O) groups is 1. The van der Waals surface area contributed by atoms with Crippen LogP contribution in [0.25, 0.3) is 0 Å². The largest absolute Gasteiger partial charge is 0.307 e. The number of benzene rings is 1. The minimum absolute atomic E-state index is 0.0163. The molecule has 0 bridgehead atoms. The molecule has 1 aromatic carbocycles. The zero-order valence-electron chi connectivity index (χ0n) is 9.77. The Balaban J connectivity index is 2.55. The van der Waals surface area contributed by atoms with E-state index in [1.54, 1.807) is 9.91 Å². The molecule has 0 fully saturated rings. The summed E-state index contributed by atoms with van der Waals surface area (Å²) in [5, 5.41) is 5.91. The number of amides is 1. The fourth-order valence-electron chi connectivity index (χ4n) is 1.87. The van der Waals surface area contributed by atoms with Gasteiger partial charge in [0.2, 0.25) is 0 Å². The predicted octanol–water partition coefficient (Wildman–Crippen LogP) is 1.32. The highest BCUT2D eigenvalue weighted by atomic mass is 16.2. The van der Waals surface area contributed by atoms with Crippen molar-refractivity contribution in [2.24, 2.45) is 5.10 Å². The van der Waals surface area contributed by atoms with E-state index in [9.17, 15) is 4.79 Å². The molecule has 1 aliphatic heterocycles. The van der Waals surface area contributed by atoms with Gasteiger partial charge in [0.15, 0.2) is 5.71 Å². The highest BCUT2D eigenvalue weighted by Gasteiger charge is 2.32. The Kier molecular flexibility index (Phi) is 2.64. The molecule has 0 unspecified atom stereocenters. The first-order chi connectivity index (χ1) is 7.65. The second-order valence-corrected chi connectivity index (χ2v) is 3.86. The normalized spacial score (nSPS) is 16.8. The van der Waals surface area contributed by atoms with Crippen LogP contribution in [0.4, 0.5) is 5.69 Å². The third kappa shape index (κ3) is 1.56. The number of hydrogen-bond acceptors (Lipinski definition) is 3. The summed E-state index contributed by atoms with van der Waals surface area (Å²) in [6.07, 6.45) is 0. The monoisotopic (exact) mass is 217 g/mol. The van der Waals surface area contributed by atoms with Crippen molar-refractivity contribution in [1.82, 2.24) is 5.01 Å². The van der Waals surface area contributed by atoms with E-state index in [0.29, 0.717) is 12.3 Å². The number of hydrazone groups is 1. The van der Waals surface area contributed by atoms with Gasteiger partial charge in [-0.05, 0) is 13.0 Å². The van der Waals surface area contributed by atoms with Crippen molar-refractivity contribution in [3.05, 3.63) is 29.8 Å². The van der Waals surface area contributed by atoms with Crippen molar-refractivity contribution >= 4 is 17.3 Å². The van der Waals surface area contributed by atoms with Crippen molar-refractivity contribution in [2.75, 3.05) is 25.5 Å². The van der Waals surface area contributed by atoms with Gasteiger partial charge in [0.05, 0.1) is 5.69 Å². The van der Waals surface area contributed by atoms with Gasteiger partial charge < -0.3 is 9.91 Å². The third-order valence-electron chi connectivity index (χ3n) is 2.51. The van der Waals surface area contributed by atoms with Crippen LogP contribution >= 0.6 is 0 Å². The summed E-state index contributed by atoms with van der Waals surface area (Å²) in [6.45, 7) is 2.63. The topological polar surface area (TPSA) is 35.9 Å². The highest BCUT2D eigenvalue weighted by Crippen LogP contribution is 2.28. The number of likely N-dealkylation sites (N-methyl/N-ethyl adjacent to an activating group) is 1. The number of anilines is 1. The minimum Gasteiger partial charge on any atom is -0.307 e. The molecule has 1 aromatic rings. The van der Waals surface area contributed by atoms with Crippen molar-refractivity contribution in [1.29, 1.82) is 0 Å². The Morgan fingerprint density at radius 3 is 2.62 bits per heavy atom. The van der Waals surface area contributed by atoms with E-state index in [2.05, 4.69) is 5.10 Å². The van der Waals surface area contributed by atoms with Crippen LogP contribution in [0.15, 0.2) is 29.4 Å². The molecule has 1 amide bonds. The maximum Gasteiger partial charge on any atom is 0.279 e. The molecule has 0 spiro atoms. The van der Waals surface area contributed by atoms with Gasteiger partial charge in [-0.1, -0.05) is 18.2 Å². The van der Waals surface area contributed by atoms with Gasteiger partial charge in [-0.15, -0.1) is 0 Å². The smallest absolute Gasteiger partial charge is 0.279 e. The third-order valence-corrected chi connectivity index (χ3v) is 2.51. The molecule has 0 radical (unpaired) electrons. The summed E-state index contributed by atoms with van der Waals surface area (Å²) in [5.74, 6) is -0.0163. The van der Waals surface area contributed by atoms with Gasteiger partial charge in [-0.3, -0.25) is 4.79 Å². The average Bonchev–Trinajstić information content (AvgIpc) is 2.52. The number of hydrogen-bond donors (Lipinski definition) is 0. The molecule has 1 aliphatic rings. The molecule has 4 heteroatoms. The molecule has 0 aliphatic carbocycles. The minimum atomic E-state index is -0.0163. The Labute approximate surface area is 95.2 Å². The van der Waals surface area contributed by atoms with Crippen LogP contribution in [0.5, 0.6) is 0 Å². The predicted molar refractivity (Wildman–Crippen MR) is 64.7 cm³/mol. The van der Waals surface area contributed by atoms with Gasteiger partial charge in [0.25, 0.3) is 5.91 Å². The van der Waals surface area contributed by atoms with E-state index >= 15 is 0 Å². The molecule has 0 aromatic heterocycles. The van der Waals surface area contributed by atoms with Gasteiger partial charge >= 0.3 is 0 Å². The standard InChI is InChI=1S/C12H15N3O/c1-4-15-10-8-6-5-7-9(10)11(12(15)16)13-14(2)3/h5-8H,4H2,1-3H3. The summed E-state index contributed by atoms with van der Waals surface area (Å²) in [6, 6.07) is 7.75. The molecule has 4 nitrogen and oxygen atoms in total. The Morgan fingerprint density at radius 1 is 1.31 bits per heavy atom. The van der Waals surface area contributed by atoms with E-state index in [1.165, 1.54) is 0 Å².